The van der Waals surface area contributed by atoms with Crippen molar-refractivity contribution in [3.63, 3.8) is 0 Å². The third kappa shape index (κ3) is 5.89. The van der Waals surface area contributed by atoms with Gasteiger partial charge in [-0.25, -0.2) is 0 Å². The van der Waals surface area contributed by atoms with Gasteiger partial charge in [0.25, 0.3) is 0 Å². The van der Waals surface area contributed by atoms with Gasteiger partial charge >= 0.3 is 0 Å². The van der Waals surface area contributed by atoms with Crippen LogP contribution >= 0.6 is 39.7 Å². The van der Waals surface area contributed by atoms with E-state index >= 15 is 0 Å². The van der Waals surface area contributed by atoms with E-state index in [9.17, 15) is 4.79 Å². The van der Waals surface area contributed by atoms with Crippen LogP contribution in [0, 0.1) is 11.8 Å². The molecule has 21 heavy (non-hydrogen) atoms. The molecular weight excluding hydrogens is 372 g/mol. The number of halogens is 2. The maximum atomic E-state index is 12.3. The maximum Gasteiger partial charge on any atom is 0.222 e. The van der Waals surface area contributed by atoms with Crippen LogP contribution in [0.3, 0.4) is 0 Å². The Labute approximate surface area is 146 Å². The van der Waals surface area contributed by atoms with Gasteiger partial charge in [0.15, 0.2) is 0 Å². The number of amides is 1. The van der Waals surface area contributed by atoms with Crippen molar-refractivity contribution in [3.8, 4) is 0 Å². The second kappa shape index (κ2) is 9.13. The number of carbonyl (C=O) groups excluding carboxylic acids is 1. The highest BCUT2D eigenvalue weighted by molar-refractivity contribution is 9.11. The van der Waals surface area contributed by atoms with Crippen molar-refractivity contribution in [2.45, 2.75) is 32.7 Å². The summed E-state index contributed by atoms with van der Waals surface area (Å²) in [5.74, 6) is 1.37. The summed E-state index contributed by atoms with van der Waals surface area (Å²) in [5, 5.41) is 3.43. The van der Waals surface area contributed by atoms with E-state index in [0.717, 1.165) is 16.9 Å². The first-order valence-corrected chi connectivity index (χ1v) is 8.86. The molecule has 1 fully saturated rings. The van der Waals surface area contributed by atoms with Gasteiger partial charge in [0, 0.05) is 18.3 Å². The Kier molecular flexibility index (Phi) is 8.24. The third-order valence-corrected chi connectivity index (χ3v) is 5.69. The number of carbonyl (C=O) groups is 1. The minimum absolute atomic E-state index is 0. The van der Waals surface area contributed by atoms with Gasteiger partial charge in [-0.15, -0.1) is 23.7 Å². The van der Waals surface area contributed by atoms with E-state index in [1.807, 2.05) is 18.0 Å². The van der Waals surface area contributed by atoms with E-state index in [-0.39, 0.29) is 18.3 Å². The van der Waals surface area contributed by atoms with E-state index < -0.39 is 0 Å². The Morgan fingerprint density at radius 1 is 1.57 bits per heavy atom. The van der Waals surface area contributed by atoms with E-state index in [1.165, 1.54) is 17.7 Å². The Morgan fingerprint density at radius 3 is 2.90 bits per heavy atom. The Morgan fingerprint density at radius 2 is 2.33 bits per heavy atom. The molecule has 0 aliphatic carbocycles. The van der Waals surface area contributed by atoms with Crippen molar-refractivity contribution in [2.24, 2.45) is 11.8 Å². The first-order valence-electron chi connectivity index (χ1n) is 7.25. The molecule has 1 aromatic heterocycles. The molecule has 1 aliphatic heterocycles. The first-order chi connectivity index (χ1) is 9.56. The largest absolute Gasteiger partial charge is 0.341 e. The highest BCUT2D eigenvalue weighted by Crippen LogP contribution is 2.25. The Bertz CT molecular complexity index is 449. The molecule has 0 saturated carbocycles. The highest BCUT2D eigenvalue weighted by Gasteiger charge is 2.23. The smallest absolute Gasteiger partial charge is 0.222 e. The normalized spacial score (nSPS) is 19.7. The fourth-order valence-corrected chi connectivity index (χ4v) is 4.26. The molecule has 2 atom stereocenters. The van der Waals surface area contributed by atoms with Gasteiger partial charge in [-0.3, -0.25) is 4.79 Å². The van der Waals surface area contributed by atoms with Crippen LogP contribution in [0.2, 0.25) is 0 Å². The van der Waals surface area contributed by atoms with Crippen molar-refractivity contribution in [1.29, 1.82) is 0 Å². The molecule has 0 bridgehead atoms. The third-order valence-electron chi connectivity index (χ3n) is 4.08. The highest BCUT2D eigenvalue weighted by atomic mass is 79.9. The van der Waals surface area contributed by atoms with Gasteiger partial charge < -0.3 is 10.2 Å². The molecule has 120 valence electrons. The molecule has 2 rings (SSSR count). The fourth-order valence-electron chi connectivity index (χ4n) is 2.72. The molecule has 6 heteroatoms. The monoisotopic (exact) mass is 394 g/mol. The van der Waals surface area contributed by atoms with E-state index in [0.29, 0.717) is 24.8 Å². The number of nitrogens with one attached hydrogen (secondary N) is 1. The molecule has 1 amide bonds. The summed E-state index contributed by atoms with van der Waals surface area (Å²) in [6, 6.07) is 4.11. The molecular formula is C15H24BrClN2OS. The number of piperidine rings is 1. The molecule has 0 radical (unpaired) electrons. The predicted octanol–water partition coefficient (Wildman–Crippen LogP) is 3.92. The lowest BCUT2D eigenvalue weighted by molar-refractivity contribution is -0.131. The molecule has 2 unspecified atom stereocenters. The molecule has 0 spiro atoms. The van der Waals surface area contributed by atoms with Crippen LogP contribution in [0.25, 0.3) is 0 Å². The summed E-state index contributed by atoms with van der Waals surface area (Å²) < 4.78 is 1.12. The minimum Gasteiger partial charge on any atom is -0.341 e. The van der Waals surface area contributed by atoms with Gasteiger partial charge in [-0.1, -0.05) is 6.92 Å². The number of hydrogen-bond donors (Lipinski definition) is 1. The molecule has 1 aliphatic rings. The Hall–Kier alpha value is -0.100. The summed E-state index contributed by atoms with van der Waals surface area (Å²) in [7, 11) is 1.90. The lowest BCUT2D eigenvalue weighted by Crippen LogP contribution is -2.36. The molecule has 1 saturated heterocycles. The van der Waals surface area contributed by atoms with Crippen LogP contribution in [-0.4, -0.2) is 30.9 Å². The summed E-state index contributed by atoms with van der Waals surface area (Å²) in [6.07, 6.45) is 3.15. The van der Waals surface area contributed by atoms with E-state index in [2.05, 4.69) is 34.2 Å². The van der Waals surface area contributed by atoms with Crippen LogP contribution in [0.15, 0.2) is 15.9 Å². The zero-order valence-electron chi connectivity index (χ0n) is 12.6. The molecule has 1 aromatic rings. The zero-order valence-corrected chi connectivity index (χ0v) is 15.8. The molecule has 1 N–H and O–H groups in total. The number of nitrogens with zero attached hydrogens (tertiary/aromatic N) is 1. The molecule has 3 nitrogen and oxygen atoms in total. The topological polar surface area (TPSA) is 32.3 Å². The van der Waals surface area contributed by atoms with Crippen molar-refractivity contribution >= 4 is 45.6 Å². The lowest BCUT2D eigenvalue weighted by Gasteiger charge is -2.29. The fraction of sp³-hybridized carbons (Fsp3) is 0.667. The van der Waals surface area contributed by atoms with Crippen LogP contribution in [0.5, 0.6) is 0 Å². The van der Waals surface area contributed by atoms with Gasteiger partial charge in [0.1, 0.15) is 0 Å². The summed E-state index contributed by atoms with van der Waals surface area (Å²) in [4.78, 5) is 15.4. The van der Waals surface area contributed by atoms with Crippen LogP contribution in [0.4, 0.5) is 0 Å². The van der Waals surface area contributed by atoms with Crippen molar-refractivity contribution in [1.82, 2.24) is 10.2 Å². The quantitative estimate of drug-likeness (QED) is 0.819. The van der Waals surface area contributed by atoms with E-state index in [1.54, 1.807) is 11.3 Å². The van der Waals surface area contributed by atoms with E-state index in [4.69, 9.17) is 0 Å². The summed E-state index contributed by atoms with van der Waals surface area (Å²) in [6.45, 7) is 5.12. The van der Waals surface area contributed by atoms with Crippen LogP contribution in [-0.2, 0) is 11.3 Å². The minimum atomic E-state index is 0. The zero-order chi connectivity index (χ0) is 14.5. The van der Waals surface area contributed by atoms with Crippen LogP contribution < -0.4 is 5.32 Å². The first kappa shape index (κ1) is 18.9. The number of rotatable bonds is 5. The number of hydrogen-bond acceptors (Lipinski definition) is 3. The number of thiophene rings is 1. The standard InChI is InChI=1S/C15H23BrN2OS.ClH/c1-11(12-4-3-7-17-9-12)8-15(19)18(2)10-13-5-6-14(16)20-13;/h5-6,11-12,17H,3-4,7-10H2,1-2H3;1H. The Balaban J connectivity index is 0.00000220. The second-order valence-electron chi connectivity index (χ2n) is 5.74. The summed E-state index contributed by atoms with van der Waals surface area (Å²) in [5.41, 5.74) is 0. The molecule has 2 heterocycles. The lowest BCUT2D eigenvalue weighted by atomic mass is 9.85. The SMILES string of the molecule is CC(CC(=O)N(C)Cc1ccc(Br)s1)C1CCCNC1.Cl. The maximum absolute atomic E-state index is 12.3. The average Bonchev–Trinajstić information content (AvgIpc) is 2.85. The molecule has 0 aromatic carbocycles. The van der Waals surface area contributed by atoms with Crippen molar-refractivity contribution in [3.05, 3.63) is 20.8 Å². The predicted molar refractivity (Wildman–Crippen MR) is 95.1 cm³/mol. The second-order valence-corrected chi connectivity index (χ2v) is 8.29. The van der Waals surface area contributed by atoms with Crippen molar-refractivity contribution in [2.75, 3.05) is 20.1 Å². The van der Waals surface area contributed by atoms with Gasteiger partial charge in [-0.2, -0.15) is 0 Å². The van der Waals surface area contributed by atoms with Gasteiger partial charge in [0.05, 0.1) is 10.3 Å². The summed E-state index contributed by atoms with van der Waals surface area (Å²) >= 11 is 5.15. The van der Waals surface area contributed by atoms with Gasteiger partial charge in [0.2, 0.25) is 5.91 Å². The van der Waals surface area contributed by atoms with Crippen molar-refractivity contribution < 1.29 is 4.79 Å². The van der Waals surface area contributed by atoms with Gasteiger partial charge in [-0.05, 0) is 65.8 Å². The average molecular weight is 396 g/mol. The van der Waals surface area contributed by atoms with Crippen LogP contribution in [0.1, 0.15) is 31.1 Å².